The van der Waals surface area contributed by atoms with Gasteiger partial charge in [0.15, 0.2) is 11.5 Å². The summed E-state index contributed by atoms with van der Waals surface area (Å²) in [5, 5.41) is 10.0. The van der Waals surface area contributed by atoms with Crippen molar-refractivity contribution in [1.82, 2.24) is 4.90 Å². The van der Waals surface area contributed by atoms with Crippen molar-refractivity contribution in [2.75, 3.05) is 20.2 Å². The van der Waals surface area contributed by atoms with Gasteiger partial charge in [-0.1, -0.05) is 18.5 Å². The van der Waals surface area contributed by atoms with E-state index in [0.29, 0.717) is 10.8 Å². The molecule has 0 aromatic heterocycles. The molecule has 1 unspecified atom stereocenters. The average Bonchev–Trinajstić information content (AvgIpc) is 2.69. The summed E-state index contributed by atoms with van der Waals surface area (Å²) in [6.45, 7) is 5.38. The number of ether oxygens (including phenoxy) is 1. The fraction of sp³-hybridized carbons (Fsp3) is 0.538. The van der Waals surface area contributed by atoms with Gasteiger partial charge in [0, 0.05) is 13.1 Å². The molecule has 1 aromatic rings. The lowest BCUT2D eigenvalue weighted by atomic mass is 10.1. The van der Waals surface area contributed by atoms with E-state index in [1.807, 2.05) is 12.1 Å². The van der Waals surface area contributed by atoms with Crippen LogP contribution in [0.15, 0.2) is 12.1 Å². The molecule has 0 bridgehead atoms. The smallest absolute Gasteiger partial charge is 0.176 e. The molecule has 1 aliphatic rings. The second kappa shape index (κ2) is 5.15. The number of likely N-dealkylation sites (tertiary alicyclic amines) is 1. The van der Waals surface area contributed by atoms with Gasteiger partial charge in [-0.2, -0.15) is 0 Å². The van der Waals surface area contributed by atoms with E-state index in [4.69, 9.17) is 16.3 Å². The summed E-state index contributed by atoms with van der Waals surface area (Å²) in [5.41, 5.74) is 1.08. The number of hydrogen-bond donors (Lipinski definition) is 1. The molecule has 1 heterocycles. The SMILES string of the molecule is COc1cc(CN2CCC(C)C2)cc(Cl)c1O. The normalized spacial score (nSPS) is 20.8. The Labute approximate surface area is 107 Å². The highest BCUT2D eigenvalue weighted by Gasteiger charge is 2.19. The van der Waals surface area contributed by atoms with Crippen LogP contribution in [0.5, 0.6) is 11.5 Å². The van der Waals surface area contributed by atoms with E-state index < -0.39 is 0 Å². The summed E-state index contributed by atoms with van der Waals surface area (Å²) in [6.07, 6.45) is 1.25. The maximum atomic E-state index is 9.65. The maximum Gasteiger partial charge on any atom is 0.176 e. The van der Waals surface area contributed by atoms with Crippen molar-refractivity contribution in [2.45, 2.75) is 19.9 Å². The summed E-state index contributed by atoms with van der Waals surface area (Å²) in [6, 6.07) is 3.66. The Morgan fingerprint density at radius 3 is 2.88 bits per heavy atom. The van der Waals surface area contributed by atoms with Crippen molar-refractivity contribution in [2.24, 2.45) is 5.92 Å². The highest BCUT2D eigenvalue weighted by molar-refractivity contribution is 6.32. The lowest BCUT2D eigenvalue weighted by Crippen LogP contribution is -2.19. The molecule has 17 heavy (non-hydrogen) atoms. The average molecular weight is 256 g/mol. The van der Waals surface area contributed by atoms with Gasteiger partial charge in [-0.15, -0.1) is 0 Å². The Morgan fingerprint density at radius 2 is 2.29 bits per heavy atom. The minimum atomic E-state index is 0.0210. The Kier molecular flexibility index (Phi) is 3.79. The fourth-order valence-corrected chi connectivity index (χ4v) is 2.54. The summed E-state index contributed by atoms with van der Waals surface area (Å²) in [7, 11) is 1.53. The van der Waals surface area contributed by atoms with Crippen LogP contribution in [0.4, 0.5) is 0 Å². The van der Waals surface area contributed by atoms with Crippen LogP contribution in [0, 0.1) is 5.92 Å². The van der Waals surface area contributed by atoms with Crippen LogP contribution < -0.4 is 4.74 Å². The molecule has 0 spiro atoms. The van der Waals surface area contributed by atoms with Crippen LogP contribution in [0.3, 0.4) is 0 Å². The Morgan fingerprint density at radius 1 is 1.53 bits per heavy atom. The zero-order valence-electron chi connectivity index (χ0n) is 10.2. The maximum absolute atomic E-state index is 9.65. The third kappa shape index (κ3) is 2.85. The summed E-state index contributed by atoms with van der Waals surface area (Å²) >= 11 is 5.96. The van der Waals surface area contributed by atoms with E-state index in [0.717, 1.165) is 31.1 Å². The van der Waals surface area contributed by atoms with E-state index in [9.17, 15) is 5.11 Å². The van der Waals surface area contributed by atoms with Crippen LogP contribution in [0.2, 0.25) is 5.02 Å². The van der Waals surface area contributed by atoms with Crippen LogP contribution in [-0.4, -0.2) is 30.2 Å². The van der Waals surface area contributed by atoms with Gasteiger partial charge in [-0.05, 0) is 36.6 Å². The molecule has 0 radical (unpaired) electrons. The minimum absolute atomic E-state index is 0.0210. The lowest BCUT2D eigenvalue weighted by Gasteiger charge is -2.16. The number of nitrogens with zero attached hydrogens (tertiary/aromatic N) is 1. The minimum Gasteiger partial charge on any atom is -0.503 e. The molecule has 0 amide bonds. The second-order valence-corrected chi connectivity index (χ2v) is 5.16. The largest absolute Gasteiger partial charge is 0.503 e. The molecule has 1 saturated heterocycles. The monoisotopic (exact) mass is 255 g/mol. The number of phenolic OH excluding ortho intramolecular Hbond substituents is 1. The summed E-state index contributed by atoms with van der Waals surface area (Å²) < 4.78 is 5.10. The molecule has 1 fully saturated rings. The first-order valence-electron chi connectivity index (χ1n) is 5.88. The fourth-order valence-electron chi connectivity index (χ4n) is 2.30. The summed E-state index contributed by atoms with van der Waals surface area (Å²) in [5.74, 6) is 1.23. The van der Waals surface area contributed by atoms with E-state index in [2.05, 4.69) is 11.8 Å². The van der Waals surface area contributed by atoms with Crippen molar-refractivity contribution >= 4 is 11.6 Å². The summed E-state index contributed by atoms with van der Waals surface area (Å²) in [4.78, 5) is 2.40. The molecule has 1 aromatic carbocycles. The number of phenols is 1. The first-order chi connectivity index (χ1) is 8.10. The molecule has 3 nitrogen and oxygen atoms in total. The van der Waals surface area contributed by atoms with Crippen LogP contribution in [0.1, 0.15) is 18.9 Å². The molecule has 1 atom stereocenters. The molecule has 1 aliphatic heterocycles. The molecular weight excluding hydrogens is 238 g/mol. The predicted molar refractivity (Wildman–Crippen MR) is 68.7 cm³/mol. The van der Waals surface area contributed by atoms with Gasteiger partial charge in [0.2, 0.25) is 0 Å². The Balaban J connectivity index is 2.13. The number of halogens is 1. The predicted octanol–water partition coefficient (Wildman–Crippen LogP) is 2.90. The zero-order valence-corrected chi connectivity index (χ0v) is 11.0. The van der Waals surface area contributed by atoms with Gasteiger partial charge in [0.1, 0.15) is 0 Å². The Hall–Kier alpha value is -0.930. The van der Waals surface area contributed by atoms with Crippen molar-refractivity contribution in [3.63, 3.8) is 0 Å². The molecule has 2 rings (SSSR count). The first-order valence-corrected chi connectivity index (χ1v) is 6.25. The third-order valence-electron chi connectivity index (χ3n) is 3.22. The molecular formula is C13H18ClNO2. The standard InChI is InChI=1S/C13H18ClNO2/c1-9-3-4-15(7-9)8-10-5-11(14)13(16)12(6-10)17-2/h5-6,9,16H,3-4,7-8H2,1-2H3. The van der Waals surface area contributed by atoms with Crippen molar-refractivity contribution in [3.8, 4) is 11.5 Å². The van der Waals surface area contributed by atoms with Gasteiger partial charge >= 0.3 is 0 Å². The van der Waals surface area contributed by atoms with Gasteiger partial charge in [0.05, 0.1) is 12.1 Å². The molecule has 0 saturated carbocycles. The number of rotatable bonds is 3. The molecule has 94 valence electrons. The van der Waals surface area contributed by atoms with Crippen LogP contribution in [0.25, 0.3) is 0 Å². The second-order valence-electron chi connectivity index (χ2n) is 4.76. The Bertz CT molecular complexity index is 409. The topological polar surface area (TPSA) is 32.7 Å². The first kappa shape index (κ1) is 12.5. The molecule has 1 N–H and O–H groups in total. The quantitative estimate of drug-likeness (QED) is 0.902. The van der Waals surface area contributed by atoms with Crippen LogP contribution in [-0.2, 0) is 6.54 Å². The van der Waals surface area contributed by atoms with E-state index in [-0.39, 0.29) is 5.75 Å². The van der Waals surface area contributed by atoms with E-state index in [1.54, 1.807) is 0 Å². The highest BCUT2D eigenvalue weighted by Crippen LogP contribution is 2.35. The lowest BCUT2D eigenvalue weighted by molar-refractivity contribution is 0.318. The van der Waals surface area contributed by atoms with Gasteiger partial charge in [0.25, 0.3) is 0 Å². The van der Waals surface area contributed by atoms with Gasteiger partial charge in [-0.3, -0.25) is 4.90 Å². The van der Waals surface area contributed by atoms with E-state index in [1.165, 1.54) is 13.5 Å². The number of aromatic hydroxyl groups is 1. The van der Waals surface area contributed by atoms with E-state index >= 15 is 0 Å². The highest BCUT2D eigenvalue weighted by atomic mass is 35.5. The van der Waals surface area contributed by atoms with Crippen molar-refractivity contribution in [3.05, 3.63) is 22.7 Å². The number of hydrogen-bond acceptors (Lipinski definition) is 3. The molecule has 0 aliphatic carbocycles. The molecule has 4 heteroatoms. The number of methoxy groups -OCH3 is 1. The van der Waals surface area contributed by atoms with Crippen molar-refractivity contribution < 1.29 is 9.84 Å². The van der Waals surface area contributed by atoms with Crippen molar-refractivity contribution in [1.29, 1.82) is 0 Å². The zero-order chi connectivity index (χ0) is 12.4. The van der Waals surface area contributed by atoms with Gasteiger partial charge in [-0.25, -0.2) is 0 Å². The third-order valence-corrected chi connectivity index (χ3v) is 3.51. The van der Waals surface area contributed by atoms with Gasteiger partial charge < -0.3 is 9.84 Å². The number of benzene rings is 1. The van der Waals surface area contributed by atoms with Crippen LogP contribution >= 0.6 is 11.6 Å².